The highest BCUT2D eigenvalue weighted by Crippen LogP contribution is 2.18. The largest absolute Gasteiger partial charge is 0.327 e. The summed E-state index contributed by atoms with van der Waals surface area (Å²) in [5.74, 6) is 0.980. The molecule has 1 aromatic heterocycles. The average molecular weight is 259 g/mol. The van der Waals surface area contributed by atoms with E-state index in [1.807, 2.05) is 17.8 Å². The fourth-order valence-electron chi connectivity index (χ4n) is 1.32. The Kier molecular flexibility index (Phi) is 6.17. The summed E-state index contributed by atoms with van der Waals surface area (Å²) in [4.78, 5) is 3.96. The van der Waals surface area contributed by atoms with Crippen molar-refractivity contribution in [2.45, 2.75) is 38.0 Å². The van der Waals surface area contributed by atoms with Gasteiger partial charge in [-0.05, 0) is 24.5 Å². The van der Waals surface area contributed by atoms with E-state index in [1.54, 1.807) is 12.4 Å². The van der Waals surface area contributed by atoms with E-state index in [1.165, 1.54) is 6.42 Å². The third kappa shape index (κ3) is 4.73. The van der Waals surface area contributed by atoms with E-state index in [-0.39, 0.29) is 6.04 Å². The van der Waals surface area contributed by atoms with E-state index in [4.69, 9.17) is 17.3 Å². The smallest absolute Gasteiger partial charge is 0.0621 e. The van der Waals surface area contributed by atoms with E-state index in [9.17, 15) is 0 Å². The van der Waals surface area contributed by atoms with Gasteiger partial charge in [0.25, 0.3) is 0 Å². The van der Waals surface area contributed by atoms with Crippen LogP contribution in [0.2, 0.25) is 5.02 Å². The number of nitrogens with two attached hydrogens (primary N) is 1. The number of pyridine rings is 1. The highest BCUT2D eigenvalue weighted by Gasteiger charge is 2.09. The molecule has 0 amide bonds. The molecule has 2 unspecified atom stereocenters. The number of nitrogens with zero attached hydrogens (tertiary/aromatic N) is 1. The number of thioether (sulfide) groups is 1. The van der Waals surface area contributed by atoms with Crippen molar-refractivity contribution < 1.29 is 0 Å². The Morgan fingerprint density at radius 3 is 2.94 bits per heavy atom. The standard InChI is InChI=1S/C12H19ClN2S/c1-3-9(2)16-8-11(14)6-10-4-5-15-7-12(10)13/h4-5,7,9,11H,3,6,8,14H2,1-2H3. The van der Waals surface area contributed by atoms with Crippen LogP contribution in [0.3, 0.4) is 0 Å². The number of halogens is 1. The predicted molar refractivity (Wildman–Crippen MR) is 73.1 cm³/mol. The molecule has 0 spiro atoms. The lowest BCUT2D eigenvalue weighted by molar-refractivity contribution is 0.744. The van der Waals surface area contributed by atoms with E-state index < -0.39 is 0 Å². The zero-order valence-corrected chi connectivity index (χ0v) is 11.4. The van der Waals surface area contributed by atoms with Crippen LogP contribution in [0.4, 0.5) is 0 Å². The Bertz CT molecular complexity index is 320. The Labute approximate surface area is 107 Å². The van der Waals surface area contributed by atoms with E-state index in [2.05, 4.69) is 18.8 Å². The van der Waals surface area contributed by atoms with Crippen molar-refractivity contribution in [3.8, 4) is 0 Å². The Balaban J connectivity index is 2.40. The lowest BCUT2D eigenvalue weighted by Gasteiger charge is -2.14. The van der Waals surface area contributed by atoms with Crippen LogP contribution < -0.4 is 5.73 Å². The molecule has 1 rings (SSSR count). The molecule has 0 saturated carbocycles. The molecule has 2 atom stereocenters. The molecule has 4 heteroatoms. The molecule has 0 bridgehead atoms. The van der Waals surface area contributed by atoms with Crippen molar-refractivity contribution in [1.29, 1.82) is 0 Å². The Morgan fingerprint density at radius 2 is 2.31 bits per heavy atom. The van der Waals surface area contributed by atoms with Crippen LogP contribution in [0.5, 0.6) is 0 Å². The lowest BCUT2D eigenvalue weighted by Crippen LogP contribution is -2.26. The SMILES string of the molecule is CCC(C)SCC(N)Cc1ccncc1Cl. The molecule has 0 aliphatic heterocycles. The van der Waals surface area contributed by atoms with Crippen molar-refractivity contribution >= 4 is 23.4 Å². The van der Waals surface area contributed by atoms with Gasteiger partial charge in [-0.25, -0.2) is 0 Å². The minimum atomic E-state index is 0.166. The van der Waals surface area contributed by atoms with Gasteiger partial charge in [-0.2, -0.15) is 11.8 Å². The maximum Gasteiger partial charge on any atom is 0.0621 e. The fourth-order valence-corrected chi connectivity index (χ4v) is 2.44. The molecule has 16 heavy (non-hydrogen) atoms. The van der Waals surface area contributed by atoms with Gasteiger partial charge in [0.2, 0.25) is 0 Å². The van der Waals surface area contributed by atoms with Crippen LogP contribution in [0.25, 0.3) is 0 Å². The van der Waals surface area contributed by atoms with Gasteiger partial charge < -0.3 is 5.73 Å². The average Bonchev–Trinajstić information content (AvgIpc) is 2.29. The van der Waals surface area contributed by atoms with Crippen LogP contribution in [-0.4, -0.2) is 22.0 Å². The van der Waals surface area contributed by atoms with Gasteiger partial charge in [-0.1, -0.05) is 25.4 Å². The topological polar surface area (TPSA) is 38.9 Å². The number of hydrogen-bond donors (Lipinski definition) is 1. The first-order valence-corrected chi connectivity index (χ1v) is 7.01. The van der Waals surface area contributed by atoms with E-state index in [0.717, 1.165) is 17.7 Å². The summed E-state index contributed by atoms with van der Waals surface area (Å²) in [7, 11) is 0. The molecule has 1 aromatic rings. The van der Waals surface area contributed by atoms with Crippen LogP contribution in [0, 0.1) is 0 Å². The quantitative estimate of drug-likeness (QED) is 0.852. The minimum Gasteiger partial charge on any atom is -0.327 e. The fraction of sp³-hybridized carbons (Fsp3) is 0.583. The van der Waals surface area contributed by atoms with Crippen molar-refractivity contribution in [3.05, 3.63) is 29.0 Å². The van der Waals surface area contributed by atoms with Gasteiger partial charge in [-0.3, -0.25) is 4.98 Å². The highest BCUT2D eigenvalue weighted by molar-refractivity contribution is 7.99. The normalized spacial score (nSPS) is 14.8. The summed E-state index contributed by atoms with van der Waals surface area (Å²) in [5, 5.41) is 1.39. The zero-order valence-electron chi connectivity index (χ0n) is 9.82. The summed E-state index contributed by atoms with van der Waals surface area (Å²) in [6.07, 6.45) is 5.44. The summed E-state index contributed by atoms with van der Waals surface area (Å²) in [6.45, 7) is 4.43. The second kappa shape index (κ2) is 7.15. The number of aromatic nitrogens is 1. The summed E-state index contributed by atoms with van der Waals surface area (Å²) < 4.78 is 0. The molecular weight excluding hydrogens is 240 g/mol. The van der Waals surface area contributed by atoms with Crippen LogP contribution in [0.1, 0.15) is 25.8 Å². The van der Waals surface area contributed by atoms with Crippen LogP contribution >= 0.6 is 23.4 Å². The lowest BCUT2D eigenvalue weighted by atomic mass is 10.1. The van der Waals surface area contributed by atoms with E-state index >= 15 is 0 Å². The zero-order chi connectivity index (χ0) is 12.0. The maximum absolute atomic E-state index is 6.08. The molecule has 0 aliphatic carbocycles. The monoisotopic (exact) mass is 258 g/mol. The van der Waals surface area contributed by atoms with Crippen molar-refractivity contribution in [2.24, 2.45) is 5.73 Å². The predicted octanol–water partition coefficient (Wildman–Crippen LogP) is 3.14. The molecule has 0 aliphatic rings. The maximum atomic E-state index is 6.08. The molecule has 2 nitrogen and oxygen atoms in total. The second-order valence-electron chi connectivity index (χ2n) is 3.98. The van der Waals surface area contributed by atoms with Crippen LogP contribution in [-0.2, 0) is 6.42 Å². The molecule has 1 heterocycles. The third-order valence-electron chi connectivity index (χ3n) is 2.51. The first-order valence-electron chi connectivity index (χ1n) is 5.59. The van der Waals surface area contributed by atoms with Crippen molar-refractivity contribution in [2.75, 3.05) is 5.75 Å². The van der Waals surface area contributed by atoms with Gasteiger partial charge in [0.1, 0.15) is 0 Å². The van der Waals surface area contributed by atoms with E-state index in [0.29, 0.717) is 10.3 Å². The third-order valence-corrected chi connectivity index (χ3v) is 4.37. The molecule has 0 saturated heterocycles. The van der Waals surface area contributed by atoms with Gasteiger partial charge in [0.05, 0.1) is 5.02 Å². The Morgan fingerprint density at radius 1 is 1.56 bits per heavy atom. The molecular formula is C12H19ClN2S. The van der Waals surface area contributed by atoms with Gasteiger partial charge in [-0.15, -0.1) is 0 Å². The molecule has 0 radical (unpaired) electrons. The van der Waals surface area contributed by atoms with Gasteiger partial charge in [0.15, 0.2) is 0 Å². The molecule has 0 aromatic carbocycles. The van der Waals surface area contributed by atoms with Crippen LogP contribution in [0.15, 0.2) is 18.5 Å². The van der Waals surface area contributed by atoms with Gasteiger partial charge in [0, 0.05) is 29.4 Å². The molecule has 0 fully saturated rings. The molecule has 2 N–H and O–H groups in total. The second-order valence-corrected chi connectivity index (χ2v) is 5.86. The summed E-state index contributed by atoms with van der Waals surface area (Å²) >= 11 is 7.96. The minimum absolute atomic E-state index is 0.166. The first-order chi connectivity index (χ1) is 7.63. The van der Waals surface area contributed by atoms with Crippen molar-refractivity contribution in [3.63, 3.8) is 0 Å². The van der Waals surface area contributed by atoms with Gasteiger partial charge >= 0.3 is 0 Å². The summed E-state index contributed by atoms with van der Waals surface area (Å²) in [6, 6.07) is 2.11. The number of rotatable bonds is 6. The summed E-state index contributed by atoms with van der Waals surface area (Å²) in [5.41, 5.74) is 7.17. The number of hydrogen-bond acceptors (Lipinski definition) is 3. The highest BCUT2D eigenvalue weighted by atomic mass is 35.5. The Hall–Kier alpha value is -0.250. The first kappa shape index (κ1) is 13.8. The van der Waals surface area contributed by atoms with Crippen molar-refractivity contribution in [1.82, 2.24) is 4.98 Å². The molecule has 90 valence electrons.